The summed E-state index contributed by atoms with van der Waals surface area (Å²) in [6.07, 6.45) is 0. The highest BCUT2D eigenvalue weighted by molar-refractivity contribution is 5.93. The van der Waals surface area contributed by atoms with E-state index in [9.17, 15) is 9.59 Å². The van der Waals surface area contributed by atoms with Crippen LogP contribution in [0, 0.1) is 13.8 Å². The minimum atomic E-state index is -0.00712. The van der Waals surface area contributed by atoms with Crippen LogP contribution in [0.2, 0.25) is 0 Å². The quantitative estimate of drug-likeness (QED) is 0.808. The maximum absolute atomic E-state index is 12.4. The van der Waals surface area contributed by atoms with E-state index in [4.69, 9.17) is 0 Å². The van der Waals surface area contributed by atoms with Crippen molar-refractivity contribution in [2.24, 2.45) is 0 Å². The van der Waals surface area contributed by atoms with Crippen LogP contribution in [-0.2, 0) is 9.59 Å². The standard InChI is InChI=1S/C22H28N4O2/c1-17-7-6-10-20(18(17)2)24-22(28)16-26-13-11-25(12-14-26)15-21(27)23-19-8-4-3-5-9-19/h3-10H,11-16H2,1-2H3,(H,23,27)(H,24,28). The minimum absolute atomic E-state index is 0.00368. The Morgan fingerprint density at radius 2 is 1.36 bits per heavy atom. The predicted molar refractivity (Wildman–Crippen MR) is 112 cm³/mol. The van der Waals surface area contributed by atoms with Gasteiger partial charge in [-0.3, -0.25) is 19.4 Å². The second kappa shape index (κ2) is 9.48. The van der Waals surface area contributed by atoms with Crippen LogP contribution in [0.4, 0.5) is 11.4 Å². The van der Waals surface area contributed by atoms with E-state index in [0.717, 1.165) is 43.1 Å². The molecule has 0 aliphatic carbocycles. The van der Waals surface area contributed by atoms with E-state index >= 15 is 0 Å². The Morgan fingerprint density at radius 1 is 0.786 bits per heavy atom. The van der Waals surface area contributed by atoms with Crippen LogP contribution in [0.1, 0.15) is 11.1 Å². The van der Waals surface area contributed by atoms with Crippen LogP contribution in [0.5, 0.6) is 0 Å². The van der Waals surface area contributed by atoms with Crippen LogP contribution in [-0.4, -0.2) is 60.9 Å². The van der Waals surface area contributed by atoms with Crippen LogP contribution in [0.3, 0.4) is 0 Å². The summed E-state index contributed by atoms with van der Waals surface area (Å²) in [4.78, 5) is 28.8. The molecule has 148 valence electrons. The summed E-state index contributed by atoms with van der Waals surface area (Å²) < 4.78 is 0. The predicted octanol–water partition coefficient (Wildman–Crippen LogP) is 2.50. The second-order valence-electron chi connectivity index (χ2n) is 7.26. The van der Waals surface area contributed by atoms with Crippen molar-refractivity contribution in [3.8, 4) is 0 Å². The van der Waals surface area contributed by atoms with Crippen LogP contribution in [0.25, 0.3) is 0 Å². The molecule has 2 amide bonds. The highest BCUT2D eigenvalue weighted by Crippen LogP contribution is 2.18. The lowest BCUT2D eigenvalue weighted by atomic mass is 10.1. The molecular weight excluding hydrogens is 352 g/mol. The number of anilines is 2. The Labute approximate surface area is 166 Å². The topological polar surface area (TPSA) is 64.7 Å². The highest BCUT2D eigenvalue weighted by Gasteiger charge is 2.21. The molecule has 0 atom stereocenters. The number of nitrogens with zero attached hydrogens (tertiary/aromatic N) is 2. The lowest BCUT2D eigenvalue weighted by Crippen LogP contribution is -2.50. The van der Waals surface area contributed by atoms with Crippen LogP contribution < -0.4 is 10.6 Å². The zero-order valence-electron chi connectivity index (χ0n) is 16.6. The molecule has 1 aliphatic rings. The summed E-state index contributed by atoms with van der Waals surface area (Å²) in [7, 11) is 0. The largest absolute Gasteiger partial charge is 0.325 e. The van der Waals surface area contributed by atoms with E-state index in [0.29, 0.717) is 13.1 Å². The second-order valence-corrected chi connectivity index (χ2v) is 7.26. The van der Waals surface area contributed by atoms with Gasteiger partial charge in [0.05, 0.1) is 13.1 Å². The number of para-hydroxylation sites is 1. The maximum Gasteiger partial charge on any atom is 0.238 e. The molecule has 6 nitrogen and oxygen atoms in total. The lowest BCUT2D eigenvalue weighted by molar-refractivity contribution is -0.120. The van der Waals surface area contributed by atoms with E-state index < -0.39 is 0 Å². The van der Waals surface area contributed by atoms with Crippen molar-refractivity contribution in [1.29, 1.82) is 0 Å². The molecule has 0 radical (unpaired) electrons. The molecule has 3 rings (SSSR count). The Balaban J connectivity index is 1.40. The third-order valence-corrected chi connectivity index (χ3v) is 5.14. The molecular formula is C22H28N4O2. The average molecular weight is 380 g/mol. The average Bonchev–Trinajstić information content (AvgIpc) is 2.68. The Hall–Kier alpha value is -2.70. The smallest absolute Gasteiger partial charge is 0.238 e. The normalized spacial score (nSPS) is 15.2. The fourth-order valence-corrected chi connectivity index (χ4v) is 3.31. The summed E-state index contributed by atoms with van der Waals surface area (Å²) >= 11 is 0. The molecule has 1 saturated heterocycles. The maximum atomic E-state index is 12.4. The molecule has 0 bridgehead atoms. The van der Waals surface area contributed by atoms with Crippen molar-refractivity contribution in [2.75, 3.05) is 49.9 Å². The van der Waals surface area contributed by atoms with Gasteiger partial charge in [0.1, 0.15) is 0 Å². The number of aryl methyl sites for hydroxylation is 1. The Bertz CT molecular complexity index is 815. The van der Waals surface area contributed by atoms with Gasteiger partial charge in [0.25, 0.3) is 0 Å². The van der Waals surface area contributed by atoms with Gasteiger partial charge in [0, 0.05) is 37.6 Å². The van der Waals surface area contributed by atoms with Crippen LogP contribution >= 0.6 is 0 Å². The Kier molecular flexibility index (Phi) is 6.79. The summed E-state index contributed by atoms with van der Waals surface area (Å²) in [5.74, 6) is -0.00344. The van der Waals surface area contributed by atoms with Gasteiger partial charge in [0.15, 0.2) is 0 Å². The number of benzene rings is 2. The fraction of sp³-hybridized carbons (Fsp3) is 0.364. The van der Waals surface area contributed by atoms with Gasteiger partial charge in [-0.15, -0.1) is 0 Å². The minimum Gasteiger partial charge on any atom is -0.325 e. The van der Waals surface area contributed by atoms with Crippen molar-refractivity contribution >= 4 is 23.2 Å². The monoisotopic (exact) mass is 380 g/mol. The third kappa shape index (κ3) is 5.65. The summed E-state index contributed by atoms with van der Waals surface area (Å²) in [5, 5.41) is 5.92. The molecule has 2 N–H and O–H groups in total. The number of rotatable bonds is 6. The van der Waals surface area contributed by atoms with E-state index in [1.54, 1.807) is 0 Å². The number of hydrogen-bond acceptors (Lipinski definition) is 4. The van der Waals surface area contributed by atoms with Gasteiger partial charge in [-0.2, -0.15) is 0 Å². The zero-order chi connectivity index (χ0) is 19.9. The lowest BCUT2D eigenvalue weighted by Gasteiger charge is -2.33. The molecule has 1 heterocycles. The molecule has 1 fully saturated rings. The van der Waals surface area contributed by atoms with Crippen molar-refractivity contribution in [3.63, 3.8) is 0 Å². The van der Waals surface area contributed by atoms with E-state index in [2.05, 4.69) is 20.4 Å². The van der Waals surface area contributed by atoms with E-state index in [1.165, 1.54) is 5.56 Å². The Morgan fingerprint density at radius 3 is 1.96 bits per heavy atom. The zero-order valence-corrected chi connectivity index (χ0v) is 16.6. The number of carbonyl (C=O) groups is 2. The molecule has 6 heteroatoms. The van der Waals surface area contributed by atoms with Gasteiger partial charge in [-0.05, 0) is 43.2 Å². The van der Waals surface area contributed by atoms with Crippen molar-refractivity contribution < 1.29 is 9.59 Å². The van der Waals surface area contributed by atoms with Gasteiger partial charge in [-0.25, -0.2) is 0 Å². The molecule has 1 aliphatic heterocycles. The van der Waals surface area contributed by atoms with Crippen molar-refractivity contribution in [2.45, 2.75) is 13.8 Å². The van der Waals surface area contributed by atoms with Gasteiger partial charge < -0.3 is 10.6 Å². The first-order valence-corrected chi connectivity index (χ1v) is 9.67. The number of piperazine rings is 1. The number of nitrogens with one attached hydrogen (secondary N) is 2. The first-order valence-electron chi connectivity index (χ1n) is 9.67. The number of hydrogen-bond donors (Lipinski definition) is 2. The highest BCUT2D eigenvalue weighted by atomic mass is 16.2. The molecule has 0 aromatic heterocycles. The van der Waals surface area contributed by atoms with E-state index in [1.807, 2.05) is 62.4 Å². The SMILES string of the molecule is Cc1cccc(NC(=O)CN2CCN(CC(=O)Nc3ccccc3)CC2)c1C. The first kappa shape index (κ1) is 20.0. The summed E-state index contributed by atoms with van der Waals surface area (Å²) in [5.41, 5.74) is 3.96. The van der Waals surface area contributed by atoms with Gasteiger partial charge >= 0.3 is 0 Å². The third-order valence-electron chi connectivity index (χ3n) is 5.14. The number of carbonyl (C=O) groups excluding carboxylic acids is 2. The molecule has 28 heavy (non-hydrogen) atoms. The van der Waals surface area contributed by atoms with Crippen LogP contribution in [0.15, 0.2) is 48.5 Å². The first-order chi connectivity index (χ1) is 13.5. The summed E-state index contributed by atoms with van der Waals surface area (Å²) in [6, 6.07) is 15.4. The number of amides is 2. The summed E-state index contributed by atoms with van der Waals surface area (Å²) in [6.45, 7) is 7.91. The molecule has 2 aromatic carbocycles. The fourth-order valence-electron chi connectivity index (χ4n) is 3.31. The molecule has 2 aromatic rings. The van der Waals surface area contributed by atoms with Gasteiger partial charge in [0.2, 0.25) is 11.8 Å². The van der Waals surface area contributed by atoms with Crippen molar-refractivity contribution in [1.82, 2.24) is 9.80 Å². The molecule has 0 saturated carbocycles. The molecule has 0 spiro atoms. The van der Waals surface area contributed by atoms with Gasteiger partial charge in [-0.1, -0.05) is 30.3 Å². The van der Waals surface area contributed by atoms with Crippen molar-refractivity contribution in [3.05, 3.63) is 59.7 Å². The molecule has 0 unspecified atom stereocenters. The van der Waals surface area contributed by atoms with E-state index in [-0.39, 0.29) is 11.8 Å².